The first-order valence-electron chi connectivity index (χ1n) is 8.69. The molecule has 0 spiro atoms. The summed E-state index contributed by atoms with van der Waals surface area (Å²) >= 11 is 0. The third-order valence-corrected chi connectivity index (χ3v) is 4.56. The Bertz CT molecular complexity index is 889. The van der Waals surface area contributed by atoms with Gasteiger partial charge in [-0.25, -0.2) is 19.6 Å². The van der Waals surface area contributed by atoms with Crippen molar-refractivity contribution < 1.29 is 19.3 Å². The highest BCUT2D eigenvalue weighted by Crippen LogP contribution is 2.31. The van der Waals surface area contributed by atoms with Crippen LogP contribution in [0, 0.1) is 0 Å². The second-order valence-electron chi connectivity index (χ2n) is 6.32. The van der Waals surface area contributed by atoms with Gasteiger partial charge in [0.25, 0.3) is 0 Å². The predicted octanol–water partition coefficient (Wildman–Crippen LogP) is 3.24. The fraction of sp³-hybridized carbons (Fsp3) is 0.333. The van der Waals surface area contributed by atoms with E-state index in [0.717, 1.165) is 18.5 Å². The number of benzene rings is 1. The Morgan fingerprint density at radius 2 is 2.07 bits per heavy atom. The Kier molecular flexibility index (Phi) is 4.93. The van der Waals surface area contributed by atoms with Gasteiger partial charge < -0.3 is 14.2 Å². The first-order chi connectivity index (χ1) is 13.2. The van der Waals surface area contributed by atoms with Crippen LogP contribution in [0.25, 0.3) is 16.9 Å². The van der Waals surface area contributed by atoms with Gasteiger partial charge in [0.05, 0.1) is 23.8 Å². The Labute approximate surface area is 154 Å². The van der Waals surface area contributed by atoms with Crippen molar-refractivity contribution in [3.8, 4) is 28.7 Å². The van der Waals surface area contributed by atoms with Gasteiger partial charge in [0.2, 0.25) is 0 Å². The zero-order chi connectivity index (χ0) is 18.6. The van der Waals surface area contributed by atoms with Gasteiger partial charge in [0.15, 0.2) is 5.75 Å². The monoisotopic (exact) mass is 371 g/mol. The lowest BCUT2D eigenvalue weighted by Crippen LogP contribution is -2.32. The lowest BCUT2D eigenvalue weighted by Gasteiger charge is -2.25. The maximum absolute atomic E-state index is 13.9. The third kappa shape index (κ3) is 3.72. The molecule has 0 radical (unpaired) electrons. The van der Waals surface area contributed by atoms with Gasteiger partial charge in [-0.1, -0.05) is 11.5 Å². The number of hydrogen-bond donors (Lipinski definition) is 1. The topological polar surface area (TPSA) is 95.2 Å². The Balaban J connectivity index is 1.54. The summed E-state index contributed by atoms with van der Waals surface area (Å²) in [6, 6.07) is 5.22. The summed E-state index contributed by atoms with van der Waals surface area (Å²) in [5.41, 5.74) is 1.66. The summed E-state index contributed by atoms with van der Waals surface area (Å²) in [6.07, 6.45) is 7.91. The van der Waals surface area contributed by atoms with Crippen LogP contribution in [0.15, 0.2) is 43.1 Å². The van der Waals surface area contributed by atoms with Crippen molar-refractivity contribution in [1.82, 2.24) is 24.7 Å². The standard InChI is InChI=1S/C18H18FN5O3/c19-14-3-1-2-4-16(14)26-18-21-10-15(22-23-18)13-6-5-12(9-17(13)27-25)24-8-7-20-11-24/h5-11,14,16,25H,1-4H2/t14-,16+/m1/s1. The van der Waals surface area contributed by atoms with Crippen LogP contribution < -0.4 is 9.62 Å². The minimum atomic E-state index is -1.01. The molecule has 0 aliphatic heterocycles. The lowest BCUT2D eigenvalue weighted by molar-refractivity contribution is -0.137. The van der Waals surface area contributed by atoms with E-state index in [0.29, 0.717) is 24.1 Å². The summed E-state index contributed by atoms with van der Waals surface area (Å²) < 4.78 is 21.2. The van der Waals surface area contributed by atoms with Gasteiger partial charge in [-0.15, -0.1) is 5.10 Å². The van der Waals surface area contributed by atoms with Crippen molar-refractivity contribution in [2.45, 2.75) is 38.0 Å². The SMILES string of the molecule is OOc1cc(-n2ccnc2)ccc1-c1cnc(O[C@H]2CCCC[C@H]2F)nn1. The van der Waals surface area contributed by atoms with Gasteiger partial charge in [0, 0.05) is 18.5 Å². The zero-order valence-corrected chi connectivity index (χ0v) is 14.4. The minimum absolute atomic E-state index is 0.0369. The van der Waals surface area contributed by atoms with E-state index in [2.05, 4.69) is 25.1 Å². The average molecular weight is 371 g/mol. The van der Waals surface area contributed by atoms with Crippen LogP contribution in [0.5, 0.6) is 11.8 Å². The summed E-state index contributed by atoms with van der Waals surface area (Å²) in [5.74, 6) is 0.196. The van der Waals surface area contributed by atoms with Crippen LogP contribution in [-0.4, -0.2) is 42.3 Å². The number of ether oxygens (including phenoxy) is 1. The highest BCUT2D eigenvalue weighted by atomic mass is 19.1. The maximum atomic E-state index is 13.9. The second-order valence-corrected chi connectivity index (χ2v) is 6.32. The predicted molar refractivity (Wildman–Crippen MR) is 93.4 cm³/mol. The number of imidazole rings is 1. The van der Waals surface area contributed by atoms with Crippen LogP contribution in [0.1, 0.15) is 25.7 Å². The summed E-state index contributed by atoms with van der Waals surface area (Å²) in [6.45, 7) is 0. The van der Waals surface area contributed by atoms with Crippen LogP contribution in [-0.2, 0) is 0 Å². The molecule has 4 rings (SSSR count). The van der Waals surface area contributed by atoms with E-state index in [-0.39, 0.29) is 11.8 Å². The summed E-state index contributed by atoms with van der Waals surface area (Å²) in [7, 11) is 0. The molecule has 1 N–H and O–H groups in total. The van der Waals surface area contributed by atoms with Crippen LogP contribution >= 0.6 is 0 Å². The molecule has 1 aromatic carbocycles. The van der Waals surface area contributed by atoms with E-state index in [1.54, 1.807) is 35.4 Å². The Morgan fingerprint density at radius 3 is 2.78 bits per heavy atom. The van der Waals surface area contributed by atoms with Gasteiger partial charge in [-0.2, -0.15) is 0 Å². The summed E-state index contributed by atoms with van der Waals surface area (Å²) in [4.78, 5) is 12.6. The van der Waals surface area contributed by atoms with Gasteiger partial charge >= 0.3 is 6.01 Å². The first kappa shape index (κ1) is 17.3. The van der Waals surface area contributed by atoms with Gasteiger partial charge in [0.1, 0.15) is 18.0 Å². The molecule has 1 saturated carbocycles. The molecule has 27 heavy (non-hydrogen) atoms. The third-order valence-electron chi connectivity index (χ3n) is 4.56. The fourth-order valence-electron chi connectivity index (χ4n) is 3.13. The van der Waals surface area contributed by atoms with Crippen molar-refractivity contribution >= 4 is 0 Å². The molecule has 0 saturated heterocycles. The number of nitrogens with zero attached hydrogens (tertiary/aromatic N) is 5. The minimum Gasteiger partial charge on any atom is -0.456 e. The molecule has 0 amide bonds. The number of aromatic nitrogens is 5. The highest BCUT2D eigenvalue weighted by molar-refractivity contribution is 5.68. The molecule has 2 heterocycles. The highest BCUT2D eigenvalue weighted by Gasteiger charge is 2.27. The van der Waals surface area contributed by atoms with Crippen molar-refractivity contribution in [1.29, 1.82) is 0 Å². The Hall–Kier alpha value is -3.07. The van der Waals surface area contributed by atoms with Crippen LogP contribution in [0.4, 0.5) is 4.39 Å². The molecule has 3 aromatic rings. The van der Waals surface area contributed by atoms with Gasteiger partial charge in [-0.05, 0) is 31.4 Å². The lowest BCUT2D eigenvalue weighted by atomic mass is 9.96. The van der Waals surface area contributed by atoms with Crippen molar-refractivity contribution in [2.24, 2.45) is 0 Å². The van der Waals surface area contributed by atoms with E-state index >= 15 is 0 Å². The second kappa shape index (κ2) is 7.67. The molecule has 1 fully saturated rings. The molecule has 1 aliphatic rings. The molecule has 2 aromatic heterocycles. The van der Waals surface area contributed by atoms with Crippen LogP contribution in [0.2, 0.25) is 0 Å². The summed E-state index contributed by atoms with van der Waals surface area (Å²) in [5, 5.41) is 17.2. The van der Waals surface area contributed by atoms with E-state index in [1.165, 1.54) is 6.20 Å². The first-order valence-corrected chi connectivity index (χ1v) is 8.69. The average Bonchev–Trinajstić information content (AvgIpc) is 3.25. The molecule has 0 unspecified atom stereocenters. The van der Waals surface area contributed by atoms with E-state index < -0.39 is 12.3 Å². The molecular formula is C18H18FN5O3. The number of alkyl halides is 1. The molecule has 140 valence electrons. The molecule has 0 bridgehead atoms. The van der Waals surface area contributed by atoms with Crippen LogP contribution in [0.3, 0.4) is 0 Å². The number of halogens is 1. The normalized spacial score (nSPS) is 19.6. The van der Waals surface area contributed by atoms with Crippen molar-refractivity contribution in [3.63, 3.8) is 0 Å². The quantitative estimate of drug-likeness (QED) is 0.543. The Morgan fingerprint density at radius 1 is 1.19 bits per heavy atom. The molecule has 2 atom stereocenters. The van der Waals surface area contributed by atoms with E-state index in [1.807, 2.05) is 6.07 Å². The van der Waals surface area contributed by atoms with E-state index in [9.17, 15) is 9.65 Å². The maximum Gasteiger partial charge on any atom is 0.336 e. The molecule has 9 heteroatoms. The van der Waals surface area contributed by atoms with E-state index in [4.69, 9.17) is 4.74 Å². The smallest absolute Gasteiger partial charge is 0.336 e. The van der Waals surface area contributed by atoms with Gasteiger partial charge in [-0.3, -0.25) is 0 Å². The molecule has 8 nitrogen and oxygen atoms in total. The molecular weight excluding hydrogens is 353 g/mol. The van der Waals surface area contributed by atoms with Crippen molar-refractivity contribution in [3.05, 3.63) is 43.1 Å². The van der Waals surface area contributed by atoms with Crippen molar-refractivity contribution in [2.75, 3.05) is 0 Å². The number of hydrogen-bond acceptors (Lipinski definition) is 7. The largest absolute Gasteiger partial charge is 0.456 e. The fourth-order valence-corrected chi connectivity index (χ4v) is 3.13. The number of rotatable bonds is 5. The molecule has 1 aliphatic carbocycles. The zero-order valence-electron chi connectivity index (χ0n) is 14.4.